The van der Waals surface area contributed by atoms with Gasteiger partial charge in [-0.2, -0.15) is 5.10 Å². The number of anilines is 1. The van der Waals surface area contributed by atoms with Gasteiger partial charge in [0.15, 0.2) is 0 Å². The van der Waals surface area contributed by atoms with Crippen LogP contribution in [0, 0.1) is 0 Å². The van der Waals surface area contributed by atoms with Crippen LogP contribution in [0.2, 0.25) is 0 Å². The Morgan fingerprint density at radius 1 is 1.17 bits per heavy atom. The van der Waals surface area contributed by atoms with E-state index in [1.54, 1.807) is 6.20 Å². The smallest absolute Gasteiger partial charge is 0.255 e. The number of carbonyl (C=O) groups excluding carboxylic acids is 2. The molecule has 2 N–H and O–H groups in total. The van der Waals surface area contributed by atoms with Gasteiger partial charge >= 0.3 is 0 Å². The Morgan fingerprint density at radius 3 is 2.45 bits per heavy atom. The second kappa shape index (κ2) is 8.75. The fraction of sp³-hybridized carbons (Fsp3) is 0.421. The average molecular weight is 420 g/mol. The van der Waals surface area contributed by atoms with Crippen LogP contribution in [0.15, 0.2) is 41.6 Å². The predicted molar refractivity (Wildman–Crippen MR) is 108 cm³/mol. The van der Waals surface area contributed by atoms with Crippen LogP contribution in [0.5, 0.6) is 0 Å². The lowest BCUT2D eigenvalue weighted by atomic mass is 10.2. The number of nitrogens with one attached hydrogen (secondary N) is 2. The van der Waals surface area contributed by atoms with Crippen LogP contribution in [0.25, 0.3) is 0 Å². The predicted octanol–water partition coefficient (Wildman–Crippen LogP) is 1.44. The third-order valence-corrected chi connectivity index (χ3v) is 6.64. The second-order valence-electron chi connectivity index (χ2n) is 7.24. The molecule has 1 aromatic heterocycles. The minimum atomic E-state index is -3.54. The van der Waals surface area contributed by atoms with Gasteiger partial charge in [-0.15, -0.1) is 0 Å². The fourth-order valence-corrected chi connectivity index (χ4v) is 4.10. The number of hydrogen-bond acceptors (Lipinski definition) is 5. The van der Waals surface area contributed by atoms with Gasteiger partial charge in [-0.3, -0.25) is 14.3 Å². The van der Waals surface area contributed by atoms with E-state index in [0.29, 0.717) is 11.3 Å². The van der Waals surface area contributed by atoms with Gasteiger partial charge in [-0.05, 0) is 37.1 Å². The first-order valence-corrected chi connectivity index (χ1v) is 10.9. The molecule has 9 nitrogen and oxygen atoms in total. The first kappa shape index (κ1) is 21.0. The molecule has 29 heavy (non-hydrogen) atoms. The summed E-state index contributed by atoms with van der Waals surface area (Å²) in [4.78, 5) is 24.6. The monoisotopic (exact) mass is 419 g/mol. The molecule has 0 radical (unpaired) electrons. The van der Waals surface area contributed by atoms with Crippen LogP contribution in [-0.2, 0) is 21.4 Å². The summed E-state index contributed by atoms with van der Waals surface area (Å²) in [7, 11) is -0.653. The average Bonchev–Trinajstić information content (AvgIpc) is 3.33. The summed E-state index contributed by atoms with van der Waals surface area (Å²) in [5, 5.41) is 9.78. The molecule has 0 bridgehead atoms. The van der Waals surface area contributed by atoms with Crippen molar-refractivity contribution >= 4 is 27.5 Å². The van der Waals surface area contributed by atoms with E-state index in [4.69, 9.17) is 0 Å². The number of rotatable bonds is 7. The molecule has 1 saturated carbocycles. The van der Waals surface area contributed by atoms with Gasteiger partial charge in [0.25, 0.3) is 5.91 Å². The Morgan fingerprint density at radius 2 is 1.83 bits per heavy atom. The summed E-state index contributed by atoms with van der Waals surface area (Å²) in [6.07, 6.45) is 7.36. The van der Waals surface area contributed by atoms with E-state index in [0.717, 1.165) is 30.0 Å². The fourth-order valence-electron chi connectivity index (χ4n) is 3.20. The number of benzene rings is 1. The van der Waals surface area contributed by atoms with Crippen molar-refractivity contribution in [1.82, 2.24) is 19.4 Å². The summed E-state index contributed by atoms with van der Waals surface area (Å²) >= 11 is 0. The van der Waals surface area contributed by atoms with E-state index < -0.39 is 15.9 Å². The highest BCUT2D eigenvalue weighted by molar-refractivity contribution is 7.89. The molecule has 3 rings (SSSR count). The van der Waals surface area contributed by atoms with Gasteiger partial charge < -0.3 is 10.6 Å². The van der Waals surface area contributed by atoms with Gasteiger partial charge in [-0.25, -0.2) is 12.7 Å². The number of nitrogens with zero attached hydrogens (tertiary/aromatic N) is 3. The minimum absolute atomic E-state index is 0.0868. The molecule has 10 heteroatoms. The van der Waals surface area contributed by atoms with Crippen LogP contribution in [0.1, 0.15) is 36.0 Å². The normalized spacial score (nSPS) is 14.9. The van der Waals surface area contributed by atoms with Crippen molar-refractivity contribution in [1.29, 1.82) is 0 Å². The molecule has 0 unspecified atom stereocenters. The van der Waals surface area contributed by atoms with Crippen molar-refractivity contribution in [2.24, 2.45) is 0 Å². The van der Waals surface area contributed by atoms with Gasteiger partial charge in [-0.1, -0.05) is 12.8 Å². The number of carbonyl (C=O) groups is 2. The third-order valence-electron chi connectivity index (χ3n) is 4.81. The molecule has 2 aromatic rings. The van der Waals surface area contributed by atoms with Crippen LogP contribution < -0.4 is 10.6 Å². The highest BCUT2D eigenvalue weighted by Crippen LogP contribution is 2.18. The maximum absolute atomic E-state index is 12.4. The van der Waals surface area contributed by atoms with E-state index >= 15 is 0 Å². The standard InChI is InChI=1S/C19H25N5O4S/c1-23(2)29(27,28)17-9-7-14(8-10-17)19(26)22-16-11-20-24(12-16)13-18(25)21-15-5-3-4-6-15/h7-12,15H,3-6,13H2,1-2H3,(H,21,25)(H,22,26). The zero-order valence-corrected chi connectivity index (χ0v) is 17.3. The number of aromatic nitrogens is 2. The van der Waals surface area contributed by atoms with Crippen molar-refractivity contribution in [2.75, 3.05) is 19.4 Å². The summed E-state index contributed by atoms with van der Waals surface area (Å²) in [6, 6.07) is 5.93. The van der Waals surface area contributed by atoms with E-state index in [1.807, 2.05) is 0 Å². The SMILES string of the molecule is CN(C)S(=O)(=O)c1ccc(C(=O)Nc2cnn(CC(=O)NC3CCCC3)c2)cc1. The Labute approximate surface area is 170 Å². The van der Waals surface area contributed by atoms with Crippen molar-refractivity contribution < 1.29 is 18.0 Å². The van der Waals surface area contributed by atoms with Crippen molar-refractivity contribution in [3.8, 4) is 0 Å². The first-order chi connectivity index (χ1) is 13.8. The zero-order valence-electron chi connectivity index (χ0n) is 16.5. The molecule has 1 aliphatic carbocycles. The molecule has 0 spiro atoms. The number of sulfonamides is 1. The largest absolute Gasteiger partial charge is 0.352 e. The minimum Gasteiger partial charge on any atom is -0.352 e. The van der Waals surface area contributed by atoms with Gasteiger partial charge in [0, 0.05) is 31.9 Å². The lowest BCUT2D eigenvalue weighted by Crippen LogP contribution is -2.35. The van der Waals surface area contributed by atoms with Crippen LogP contribution in [0.3, 0.4) is 0 Å². The summed E-state index contributed by atoms with van der Waals surface area (Å²) in [5.41, 5.74) is 0.767. The van der Waals surface area contributed by atoms with Crippen molar-refractivity contribution in [2.45, 2.75) is 43.2 Å². The van der Waals surface area contributed by atoms with Crippen LogP contribution >= 0.6 is 0 Å². The zero-order chi connectivity index (χ0) is 21.0. The van der Waals surface area contributed by atoms with Crippen LogP contribution in [-0.4, -0.2) is 54.5 Å². The molecule has 0 aliphatic heterocycles. The molecule has 2 amide bonds. The van der Waals surface area contributed by atoms with E-state index in [-0.39, 0.29) is 23.4 Å². The Bertz CT molecular complexity index is 976. The second-order valence-corrected chi connectivity index (χ2v) is 9.39. The van der Waals surface area contributed by atoms with Gasteiger partial charge in [0.2, 0.25) is 15.9 Å². The quantitative estimate of drug-likeness (QED) is 0.705. The molecule has 1 heterocycles. The third kappa shape index (κ3) is 5.21. The molecular weight excluding hydrogens is 394 g/mol. The number of hydrogen-bond donors (Lipinski definition) is 2. The van der Waals surface area contributed by atoms with Crippen molar-refractivity contribution in [3.05, 3.63) is 42.2 Å². The molecule has 1 aliphatic rings. The maximum Gasteiger partial charge on any atom is 0.255 e. The number of amides is 2. The van der Waals surface area contributed by atoms with Crippen LogP contribution in [0.4, 0.5) is 5.69 Å². The Hall–Kier alpha value is -2.72. The topological polar surface area (TPSA) is 113 Å². The van der Waals surface area contributed by atoms with E-state index in [9.17, 15) is 18.0 Å². The summed E-state index contributed by atoms with van der Waals surface area (Å²) in [6.45, 7) is 0.0868. The Balaban J connectivity index is 1.57. The lowest BCUT2D eigenvalue weighted by Gasteiger charge is -2.11. The highest BCUT2D eigenvalue weighted by Gasteiger charge is 2.19. The highest BCUT2D eigenvalue weighted by atomic mass is 32.2. The van der Waals surface area contributed by atoms with E-state index in [2.05, 4.69) is 15.7 Å². The lowest BCUT2D eigenvalue weighted by molar-refractivity contribution is -0.122. The molecule has 0 saturated heterocycles. The molecule has 1 aromatic carbocycles. The molecule has 1 fully saturated rings. The maximum atomic E-state index is 12.4. The summed E-state index contributed by atoms with van der Waals surface area (Å²) < 4.78 is 26.7. The molecule has 156 valence electrons. The first-order valence-electron chi connectivity index (χ1n) is 9.41. The van der Waals surface area contributed by atoms with E-state index in [1.165, 1.54) is 49.2 Å². The Kier molecular flexibility index (Phi) is 6.33. The molecular formula is C19H25N5O4S. The molecule has 0 atom stereocenters. The summed E-state index contributed by atoms with van der Waals surface area (Å²) in [5.74, 6) is -0.496. The van der Waals surface area contributed by atoms with Gasteiger partial charge in [0.05, 0.1) is 16.8 Å². The van der Waals surface area contributed by atoms with Crippen molar-refractivity contribution in [3.63, 3.8) is 0 Å². The van der Waals surface area contributed by atoms with Gasteiger partial charge in [0.1, 0.15) is 6.54 Å².